The zero-order chi connectivity index (χ0) is 16.8. The van der Waals surface area contributed by atoms with Gasteiger partial charge in [0.2, 0.25) is 0 Å². The van der Waals surface area contributed by atoms with Crippen LogP contribution in [0.25, 0.3) is 0 Å². The molecule has 3 nitrogen and oxygen atoms in total. The predicted molar refractivity (Wildman–Crippen MR) is 96.4 cm³/mol. The van der Waals surface area contributed by atoms with Crippen molar-refractivity contribution in [2.75, 3.05) is 30.4 Å². The fourth-order valence-corrected chi connectivity index (χ4v) is 2.91. The van der Waals surface area contributed by atoms with E-state index in [-0.39, 0.29) is 24.8 Å². The molecule has 3 N–H and O–H groups in total. The number of aryl methyl sites for hydroxylation is 3. The first-order valence-corrected chi connectivity index (χ1v) is 8.51. The summed E-state index contributed by atoms with van der Waals surface area (Å²) in [4.78, 5) is 0. The van der Waals surface area contributed by atoms with Crippen LogP contribution in [0.3, 0.4) is 0 Å². The van der Waals surface area contributed by atoms with E-state index in [1.807, 2.05) is 6.07 Å². The van der Waals surface area contributed by atoms with E-state index < -0.39 is 0 Å². The number of benzene rings is 2. The van der Waals surface area contributed by atoms with Crippen LogP contribution in [0, 0.1) is 27.7 Å². The van der Waals surface area contributed by atoms with Gasteiger partial charge in [0.15, 0.2) is 0 Å². The van der Waals surface area contributed by atoms with Crippen LogP contribution < -0.4 is 45.3 Å². The Hall–Kier alpha value is -0.914. The minimum Gasteiger partial charge on any atom is -1.00 e. The quantitative estimate of drug-likeness (QED) is 0.330. The molecule has 2 aromatic carbocycles. The Labute approximate surface area is 172 Å². The van der Waals surface area contributed by atoms with Gasteiger partial charge in [-0.05, 0) is 0 Å². The first-order chi connectivity index (χ1) is 11.0. The molecule has 140 valence electrons. The minimum atomic E-state index is 0. The maximum atomic E-state index is 4.54. The molecule has 25 heavy (non-hydrogen) atoms. The molecule has 0 unspecified atom stereocenters. The Kier molecular flexibility index (Phi) is 11.2. The molecule has 0 aliphatic heterocycles. The summed E-state index contributed by atoms with van der Waals surface area (Å²) < 4.78 is 1.02. The van der Waals surface area contributed by atoms with E-state index in [0.717, 1.165) is 24.3 Å². The Morgan fingerprint density at radius 1 is 0.760 bits per heavy atom. The number of hydrogen-bond donors (Lipinski definition) is 3. The molecule has 0 bridgehead atoms. The molecule has 0 atom stereocenters. The van der Waals surface area contributed by atoms with Gasteiger partial charge in [0.1, 0.15) is 0 Å². The van der Waals surface area contributed by atoms with E-state index in [1.165, 1.54) is 33.6 Å². The first-order valence-electron chi connectivity index (χ1n) is 7.99. The van der Waals surface area contributed by atoms with Crippen LogP contribution in [0.4, 0.5) is 11.4 Å². The van der Waals surface area contributed by atoms with E-state index in [9.17, 15) is 0 Å². The minimum absolute atomic E-state index is 0. The third-order valence-electron chi connectivity index (χ3n) is 4.06. The standard InChI is InChI=1S/C19H26N3.2ClH.Co/c1-14-7-5-8-15(2)18(14)21-12-11-20-13-22-19-16(3)9-6-10-17(19)4;;;/h5-9,20-22H,11-13H2,1-4H3;2*1H;/q;;;+2/p-2. The largest absolute Gasteiger partial charge is 1.00 e. The Bertz CT molecular complexity index is 658. The number of nitrogens with one attached hydrogen (secondary N) is 3. The molecular formula is C19H26Cl2CoN3. The fourth-order valence-electron chi connectivity index (χ4n) is 2.69. The molecule has 2 aromatic rings. The summed E-state index contributed by atoms with van der Waals surface area (Å²) in [6.07, 6.45) is 0. The second-order valence-corrected chi connectivity index (χ2v) is 6.45. The van der Waals surface area contributed by atoms with Crippen molar-refractivity contribution in [1.82, 2.24) is 5.32 Å². The summed E-state index contributed by atoms with van der Waals surface area (Å²) in [7, 11) is 0. The van der Waals surface area contributed by atoms with Crippen molar-refractivity contribution >= 4 is 15.9 Å². The monoisotopic (exact) mass is 425 g/mol. The first kappa shape index (κ1) is 24.1. The SMILES string of the molecule is Cc1cccc(C)c1NCCNCNc1c(C)cc[c]([Co+2])c1C.[Cl-].[Cl-]. The molecular weight excluding hydrogens is 400 g/mol. The number of rotatable bonds is 7. The third kappa shape index (κ3) is 6.72. The van der Waals surface area contributed by atoms with E-state index in [2.05, 4.69) is 83.6 Å². The summed E-state index contributed by atoms with van der Waals surface area (Å²) in [5, 5.41) is 10.4. The smallest absolute Gasteiger partial charge is 1.00 e. The summed E-state index contributed by atoms with van der Waals surface area (Å²) in [5.41, 5.74) is 7.44. The third-order valence-corrected chi connectivity index (χ3v) is 4.62. The van der Waals surface area contributed by atoms with Gasteiger partial charge in [-0.15, -0.1) is 0 Å². The van der Waals surface area contributed by atoms with Crippen molar-refractivity contribution in [3.8, 4) is 0 Å². The van der Waals surface area contributed by atoms with Crippen LogP contribution in [0.5, 0.6) is 0 Å². The molecule has 0 heterocycles. The molecule has 0 aliphatic rings. The van der Waals surface area contributed by atoms with Gasteiger partial charge in [0.05, 0.1) is 0 Å². The number of anilines is 2. The van der Waals surface area contributed by atoms with Crippen molar-refractivity contribution in [3.05, 3.63) is 52.6 Å². The van der Waals surface area contributed by atoms with Crippen LogP contribution >= 0.6 is 0 Å². The summed E-state index contributed by atoms with van der Waals surface area (Å²) in [6, 6.07) is 10.5. The van der Waals surface area contributed by atoms with Crippen molar-refractivity contribution < 1.29 is 40.6 Å². The van der Waals surface area contributed by atoms with Gasteiger partial charge in [0.25, 0.3) is 0 Å². The van der Waals surface area contributed by atoms with Gasteiger partial charge in [-0.3, -0.25) is 0 Å². The summed E-state index contributed by atoms with van der Waals surface area (Å²) in [6.45, 7) is 11.0. The number of halogens is 2. The van der Waals surface area contributed by atoms with Crippen molar-refractivity contribution in [2.45, 2.75) is 27.7 Å². The van der Waals surface area contributed by atoms with E-state index >= 15 is 0 Å². The average molecular weight is 426 g/mol. The summed E-state index contributed by atoms with van der Waals surface area (Å²) >= 11 is 4.54. The molecule has 0 aliphatic carbocycles. The van der Waals surface area contributed by atoms with E-state index in [4.69, 9.17) is 0 Å². The Balaban J connectivity index is 0.00000288. The van der Waals surface area contributed by atoms with Crippen LogP contribution in [0.1, 0.15) is 22.3 Å². The van der Waals surface area contributed by atoms with Gasteiger partial charge >= 0.3 is 142 Å². The van der Waals surface area contributed by atoms with Crippen molar-refractivity contribution in [3.63, 3.8) is 0 Å². The number of para-hydroxylation sites is 1. The van der Waals surface area contributed by atoms with E-state index in [1.54, 1.807) is 0 Å². The van der Waals surface area contributed by atoms with Gasteiger partial charge in [-0.1, -0.05) is 6.07 Å². The maximum Gasteiger partial charge on any atom is -1.00 e. The normalized spacial score (nSPS) is 9.80. The van der Waals surface area contributed by atoms with Gasteiger partial charge in [-0.25, -0.2) is 0 Å². The van der Waals surface area contributed by atoms with Crippen LogP contribution in [0.2, 0.25) is 0 Å². The van der Waals surface area contributed by atoms with Crippen molar-refractivity contribution in [1.29, 1.82) is 0 Å². The fraction of sp³-hybridized carbons (Fsp3) is 0.368. The molecule has 0 radical (unpaired) electrons. The van der Waals surface area contributed by atoms with E-state index in [0.29, 0.717) is 0 Å². The van der Waals surface area contributed by atoms with Crippen LogP contribution in [0.15, 0.2) is 30.3 Å². The summed E-state index contributed by atoms with van der Waals surface area (Å²) in [5.74, 6) is 0. The maximum absolute atomic E-state index is 4.54. The topological polar surface area (TPSA) is 36.1 Å². The molecule has 0 fully saturated rings. The zero-order valence-corrected chi connectivity index (χ0v) is 17.7. The number of hydrogen-bond acceptors (Lipinski definition) is 3. The average Bonchev–Trinajstić information content (AvgIpc) is 2.52. The molecule has 0 spiro atoms. The van der Waals surface area contributed by atoms with Crippen LogP contribution in [-0.2, 0) is 15.7 Å². The second-order valence-electron chi connectivity index (χ2n) is 5.89. The van der Waals surface area contributed by atoms with Crippen molar-refractivity contribution in [2.24, 2.45) is 0 Å². The van der Waals surface area contributed by atoms with Crippen LogP contribution in [-0.4, -0.2) is 19.8 Å². The second kappa shape index (κ2) is 11.7. The molecule has 0 saturated carbocycles. The molecule has 6 heteroatoms. The van der Waals surface area contributed by atoms with Gasteiger partial charge in [0, 0.05) is 0 Å². The Morgan fingerprint density at radius 2 is 1.36 bits per heavy atom. The molecule has 0 saturated heterocycles. The molecule has 0 amide bonds. The predicted octanol–water partition coefficient (Wildman–Crippen LogP) is -2.83. The van der Waals surface area contributed by atoms with Gasteiger partial charge in [-0.2, -0.15) is 0 Å². The zero-order valence-electron chi connectivity index (χ0n) is 15.1. The Morgan fingerprint density at radius 3 is 2.00 bits per heavy atom. The molecule has 0 aromatic heterocycles. The van der Waals surface area contributed by atoms with Gasteiger partial charge < -0.3 is 24.8 Å². The molecule has 2 rings (SSSR count).